The molecule has 1 fully saturated rings. The zero-order chi connectivity index (χ0) is 17.2. The third-order valence-corrected chi connectivity index (χ3v) is 6.11. The Morgan fingerprint density at radius 2 is 1.88 bits per heavy atom. The molecule has 1 aromatic rings. The second-order valence-electron chi connectivity index (χ2n) is 5.95. The summed E-state index contributed by atoms with van der Waals surface area (Å²) >= 11 is 0. The minimum Gasteiger partial charge on any atom is -0.360 e. The predicted octanol–water partition coefficient (Wildman–Crippen LogP) is 0.674. The maximum Gasteiger partial charge on any atom is 0.248 e. The molecule has 1 unspecified atom stereocenters. The van der Waals surface area contributed by atoms with Crippen LogP contribution >= 0.6 is 12.4 Å². The van der Waals surface area contributed by atoms with Crippen molar-refractivity contribution in [3.8, 4) is 0 Å². The van der Waals surface area contributed by atoms with Crippen molar-refractivity contribution in [2.24, 2.45) is 5.73 Å². The Labute approximate surface area is 148 Å². The first-order valence-corrected chi connectivity index (χ1v) is 9.14. The molecular formula is C14H25ClN4O4S. The second kappa shape index (κ2) is 8.28. The summed E-state index contributed by atoms with van der Waals surface area (Å²) in [5.41, 5.74) is 6.02. The highest BCUT2D eigenvalue weighted by Crippen LogP contribution is 2.24. The van der Waals surface area contributed by atoms with E-state index >= 15 is 0 Å². The summed E-state index contributed by atoms with van der Waals surface area (Å²) in [6, 6.07) is -0.0137. The van der Waals surface area contributed by atoms with Crippen LogP contribution in [0.3, 0.4) is 0 Å². The molecule has 1 aromatic heterocycles. The number of sulfonamides is 1. The Morgan fingerprint density at radius 1 is 1.29 bits per heavy atom. The molecular weight excluding hydrogens is 356 g/mol. The van der Waals surface area contributed by atoms with Gasteiger partial charge in [-0.2, -0.15) is 4.31 Å². The summed E-state index contributed by atoms with van der Waals surface area (Å²) in [5, 5.41) is 3.70. The van der Waals surface area contributed by atoms with Crippen molar-refractivity contribution in [3.05, 3.63) is 11.5 Å². The number of carbonyl (C=O) groups excluding carboxylic acids is 1. The van der Waals surface area contributed by atoms with Crippen LogP contribution in [0.1, 0.15) is 31.2 Å². The van der Waals surface area contributed by atoms with Crippen LogP contribution in [0.25, 0.3) is 0 Å². The first kappa shape index (κ1) is 20.9. The lowest BCUT2D eigenvalue weighted by atomic mass is 10.2. The molecule has 1 amide bonds. The molecule has 10 heteroatoms. The zero-order valence-electron chi connectivity index (χ0n) is 14.2. The van der Waals surface area contributed by atoms with Gasteiger partial charge in [-0.15, -0.1) is 12.4 Å². The van der Waals surface area contributed by atoms with Crippen molar-refractivity contribution in [1.29, 1.82) is 0 Å². The van der Waals surface area contributed by atoms with Gasteiger partial charge in [0.1, 0.15) is 10.6 Å². The molecule has 1 aliphatic rings. The van der Waals surface area contributed by atoms with Gasteiger partial charge in [-0.25, -0.2) is 8.42 Å². The molecule has 0 spiro atoms. The van der Waals surface area contributed by atoms with Crippen LogP contribution in [0.2, 0.25) is 0 Å². The van der Waals surface area contributed by atoms with Crippen LogP contribution in [0.4, 0.5) is 0 Å². The monoisotopic (exact) mass is 380 g/mol. The molecule has 1 saturated heterocycles. The van der Waals surface area contributed by atoms with E-state index in [0.717, 1.165) is 0 Å². The lowest BCUT2D eigenvalue weighted by molar-refractivity contribution is -0.132. The molecule has 0 aliphatic carbocycles. The maximum atomic E-state index is 12.7. The van der Waals surface area contributed by atoms with E-state index in [-0.39, 0.29) is 48.1 Å². The first-order valence-electron chi connectivity index (χ1n) is 7.70. The largest absolute Gasteiger partial charge is 0.360 e. The summed E-state index contributed by atoms with van der Waals surface area (Å²) in [6.07, 6.45) is 1.03. The molecule has 2 rings (SSSR count). The van der Waals surface area contributed by atoms with Crippen molar-refractivity contribution in [2.45, 2.75) is 44.6 Å². The first-order chi connectivity index (χ1) is 10.7. The summed E-state index contributed by atoms with van der Waals surface area (Å²) in [6.45, 7) is 6.38. The molecule has 8 nitrogen and oxygen atoms in total. The lowest BCUT2D eigenvalue weighted by Gasteiger charge is -2.34. The number of hydrogen-bond acceptors (Lipinski definition) is 6. The van der Waals surface area contributed by atoms with Gasteiger partial charge in [-0.1, -0.05) is 5.16 Å². The van der Waals surface area contributed by atoms with Crippen molar-refractivity contribution >= 4 is 28.3 Å². The molecule has 1 atom stereocenters. The van der Waals surface area contributed by atoms with Gasteiger partial charge in [0.25, 0.3) is 0 Å². The quantitative estimate of drug-likeness (QED) is 0.804. The number of rotatable bonds is 5. The van der Waals surface area contributed by atoms with Crippen LogP contribution in [-0.4, -0.2) is 60.9 Å². The average molecular weight is 381 g/mol. The van der Waals surface area contributed by atoms with Gasteiger partial charge in [0.2, 0.25) is 15.9 Å². The molecule has 2 heterocycles. The van der Waals surface area contributed by atoms with E-state index in [0.29, 0.717) is 31.6 Å². The summed E-state index contributed by atoms with van der Waals surface area (Å²) in [4.78, 5) is 13.9. The Balaban J connectivity index is 0.00000288. The highest BCUT2D eigenvalue weighted by molar-refractivity contribution is 7.89. The van der Waals surface area contributed by atoms with E-state index in [2.05, 4.69) is 5.16 Å². The van der Waals surface area contributed by atoms with Crippen molar-refractivity contribution in [1.82, 2.24) is 14.4 Å². The van der Waals surface area contributed by atoms with E-state index in [4.69, 9.17) is 10.3 Å². The number of carbonyl (C=O) groups is 1. The number of aromatic nitrogens is 1. The third kappa shape index (κ3) is 4.47. The minimum absolute atomic E-state index is 0. The summed E-state index contributed by atoms with van der Waals surface area (Å²) in [5.74, 6) is 0.314. The topological polar surface area (TPSA) is 110 Å². The van der Waals surface area contributed by atoms with Gasteiger partial charge in [0.15, 0.2) is 5.76 Å². The fourth-order valence-corrected chi connectivity index (χ4v) is 4.37. The predicted molar refractivity (Wildman–Crippen MR) is 91.4 cm³/mol. The molecule has 0 radical (unpaired) electrons. The normalized spacial score (nSPS) is 17.4. The molecule has 0 bridgehead atoms. The molecule has 0 saturated carbocycles. The SMILES string of the molecule is Cc1noc(C)c1S(=O)(=O)N1CCN(C(=O)CCC(C)N)CC1.Cl. The smallest absolute Gasteiger partial charge is 0.248 e. The van der Waals surface area contributed by atoms with Crippen LogP contribution in [0, 0.1) is 13.8 Å². The molecule has 0 aromatic carbocycles. The van der Waals surface area contributed by atoms with Crippen molar-refractivity contribution < 1.29 is 17.7 Å². The Bertz CT molecular complexity index is 647. The minimum atomic E-state index is -3.64. The molecule has 24 heavy (non-hydrogen) atoms. The number of piperazine rings is 1. The lowest BCUT2D eigenvalue weighted by Crippen LogP contribution is -2.50. The number of aryl methyl sites for hydroxylation is 2. The van der Waals surface area contributed by atoms with Crippen molar-refractivity contribution in [3.63, 3.8) is 0 Å². The number of nitrogens with two attached hydrogens (primary N) is 1. The molecule has 2 N–H and O–H groups in total. The Hall–Kier alpha value is -1.16. The number of amides is 1. The van der Waals surface area contributed by atoms with Gasteiger partial charge >= 0.3 is 0 Å². The zero-order valence-corrected chi connectivity index (χ0v) is 15.8. The van der Waals surface area contributed by atoms with E-state index < -0.39 is 10.0 Å². The van der Waals surface area contributed by atoms with Gasteiger partial charge in [0, 0.05) is 38.6 Å². The summed E-state index contributed by atoms with van der Waals surface area (Å²) in [7, 11) is -3.64. The fourth-order valence-electron chi connectivity index (χ4n) is 2.66. The fraction of sp³-hybridized carbons (Fsp3) is 0.714. The average Bonchev–Trinajstić information content (AvgIpc) is 2.84. The number of halogens is 1. The molecule has 138 valence electrons. The number of nitrogens with zero attached hydrogens (tertiary/aromatic N) is 3. The standard InChI is InChI=1S/C14H24N4O4S.ClH/c1-10(15)4-5-13(19)17-6-8-18(9-7-17)23(20,21)14-11(2)16-22-12(14)3;/h10H,4-9,15H2,1-3H3;1H. The third-order valence-electron chi connectivity index (χ3n) is 3.97. The van der Waals surface area contributed by atoms with E-state index in [1.54, 1.807) is 18.7 Å². The van der Waals surface area contributed by atoms with Crippen LogP contribution < -0.4 is 5.73 Å². The van der Waals surface area contributed by atoms with Gasteiger partial charge < -0.3 is 15.2 Å². The maximum absolute atomic E-state index is 12.7. The van der Waals surface area contributed by atoms with Gasteiger partial charge in [-0.3, -0.25) is 4.79 Å². The Morgan fingerprint density at radius 3 is 2.33 bits per heavy atom. The molecule has 1 aliphatic heterocycles. The van der Waals surface area contributed by atoms with E-state index in [9.17, 15) is 13.2 Å². The van der Waals surface area contributed by atoms with Crippen LogP contribution in [-0.2, 0) is 14.8 Å². The highest BCUT2D eigenvalue weighted by atomic mass is 35.5. The number of hydrogen-bond donors (Lipinski definition) is 1. The van der Waals surface area contributed by atoms with Crippen LogP contribution in [0.5, 0.6) is 0 Å². The second-order valence-corrected chi connectivity index (χ2v) is 7.83. The van der Waals surface area contributed by atoms with Crippen molar-refractivity contribution in [2.75, 3.05) is 26.2 Å². The van der Waals surface area contributed by atoms with E-state index in [1.807, 2.05) is 6.92 Å². The van der Waals surface area contributed by atoms with Gasteiger partial charge in [-0.05, 0) is 27.2 Å². The van der Waals surface area contributed by atoms with Gasteiger partial charge in [0.05, 0.1) is 0 Å². The Kier molecular flexibility index (Phi) is 7.21. The van der Waals surface area contributed by atoms with E-state index in [1.165, 1.54) is 4.31 Å². The van der Waals surface area contributed by atoms with Crippen LogP contribution in [0.15, 0.2) is 9.42 Å². The highest BCUT2D eigenvalue weighted by Gasteiger charge is 2.34. The summed E-state index contributed by atoms with van der Waals surface area (Å²) < 4.78 is 31.7.